The molecule has 0 amide bonds. The van der Waals surface area contributed by atoms with Crippen molar-refractivity contribution in [1.82, 2.24) is 9.55 Å². The molecule has 8 heteroatoms. The third-order valence-electron chi connectivity index (χ3n) is 7.40. The summed E-state index contributed by atoms with van der Waals surface area (Å²) in [7, 11) is 0. The highest BCUT2D eigenvalue weighted by Crippen LogP contribution is 2.65. The number of rotatable bonds is 5. The molecular formula is C28H22N4O4. The molecule has 0 unspecified atom stereocenters. The molecule has 2 aromatic carbocycles. The van der Waals surface area contributed by atoms with Crippen LogP contribution in [0.3, 0.4) is 0 Å². The summed E-state index contributed by atoms with van der Waals surface area (Å²) in [6.07, 6.45) is 3.46. The lowest BCUT2D eigenvalue weighted by atomic mass is 9.78. The number of fused-ring (bicyclic) bond motifs is 6. The van der Waals surface area contributed by atoms with Crippen LogP contribution in [0.4, 0.5) is 0 Å². The number of aromatic nitrogens is 2. The van der Waals surface area contributed by atoms with Crippen molar-refractivity contribution in [2.24, 2.45) is 0 Å². The fourth-order valence-electron chi connectivity index (χ4n) is 5.74. The lowest BCUT2D eigenvalue weighted by Crippen LogP contribution is -2.25. The van der Waals surface area contributed by atoms with Crippen LogP contribution in [0.1, 0.15) is 48.4 Å². The van der Waals surface area contributed by atoms with Gasteiger partial charge in [-0.1, -0.05) is 0 Å². The van der Waals surface area contributed by atoms with Gasteiger partial charge < -0.3 is 19.7 Å². The Morgan fingerprint density at radius 2 is 1.81 bits per heavy atom. The summed E-state index contributed by atoms with van der Waals surface area (Å²) in [4.78, 5) is 4.35. The number of benzene rings is 2. The number of nitrogens with zero attached hydrogens (tertiary/aromatic N) is 4. The van der Waals surface area contributed by atoms with Crippen molar-refractivity contribution < 1.29 is 19.7 Å². The zero-order valence-corrected chi connectivity index (χ0v) is 19.5. The van der Waals surface area contributed by atoms with Gasteiger partial charge in [0.2, 0.25) is 11.8 Å². The van der Waals surface area contributed by atoms with Gasteiger partial charge >= 0.3 is 0 Å². The van der Waals surface area contributed by atoms with Crippen LogP contribution in [0, 0.1) is 22.7 Å². The van der Waals surface area contributed by atoms with Gasteiger partial charge in [0.15, 0.2) is 0 Å². The Labute approximate surface area is 207 Å². The number of hydrogen-bond acceptors (Lipinski definition) is 7. The molecule has 4 aromatic rings. The van der Waals surface area contributed by atoms with Crippen LogP contribution in [-0.4, -0.2) is 26.4 Å². The van der Waals surface area contributed by atoms with Gasteiger partial charge in [0.1, 0.15) is 17.4 Å². The summed E-state index contributed by atoms with van der Waals surface area (Å²) in [5.41, 5.74) is 1.64. The average molecular weight is 479 g/mol. The predicted molar refractivity (Wildman–Crippen MR) is 130 cm³/mol. The van der Waals surface area contributed by atoms with Crippen molar-refractivity contribution in [2.45, 2.75) is 37.4 Å². The molecule has 8 nitrogen and oxygen atoms in total. The molecule has 0 aliphatic carbocycles. The monoisotopic (exact) mass is 478 g/mol. The summed E-state index contributed by atoms with van der Waals surface area (Å²) in [5, 5.41) is 42.0. The Kier molecular flexibility index (Phi) is 4.72. The third-order valence-corrected chi connectivity index (χ3v) is 7.40. The van der Waals surface area contributed by atoms with Gasteiger partial charge in [-0.05, 0) is 68.3 Å². The molecule has 4 heterocycles. The molecule has 2 aromatic heterocycles. The van der Waals surface area contributed by atoms with Crippen molar-refractivity contribution >= 4 is 10.9 Å². The first kappa shape index (κ1) is 22.0. The minimum Gasteiger partial charge on any atom is -0.494 e. The van der Waals surface area contributed by atoms with E-state index in [1.807, 2.05) is 13.0 Å². The number of hydrogen-bond donors (Lipinski definition) is 2. The van der Waals surface area contributed by atoms with E-state index in [0.29, 0.717) is 70.5 Å². The average Bonchev–Trinajstić information content (AvgIpc) is 3.48. The maximum Gasteiger partial charge on any atom is 0.205 e. The van der Waals surface area contributed by atoms with Crippen molar-refractivity contribution in [1.29, 1.82) is 10.5 Å². The molecule has 178 valence electrons. The molecule has 2 atom stereocenters. The third kappa shape index (κ3) is 2.98. The SMILES string of the molecule is C[C@]12CC[C@](CCOc3ccc(C#N)cc3)(O1)c1c2c(O)n(-c2ccc(C#N)c3ncccc23)c1O. The summed E-state index contributed by atoms with van der Waals surface area (Å²) in [6, 6.07) is 18.1. The highest BCUT2D eigenvalue weighted by Gasteiger charge is 2.61. The van der Waals surface area contributed by atoms with Crippen LogP contribution >= 0.6 is 0 Å². The predicted octanol–water partition coefficient (Wildman–Crippen LogP) is 4.88. The van der Waals surface area contributed by atoms with Crippen LogP contribution in [0.5, 0.6) is 17.5 Å². The second kappa shape index (κ2) is 7.74. The molecule has 2 bridgehead atoms. The Balaban J connectivity index is 1.40. The second-order valence-corrected chi connectivity index (χ2v) is 9.44. The quantitative estimate of drug-likeness (QED) is 0.419. The van der Waals surface area contributed by atoms with E-state index in [9.17, 15) is 15.5 Å². The summed E-state index contributed by atoms with van der Waals surface area (Å²) < 4.78 is 13.9. The van der Waals surface area contributed by atoms with Gasteiger partial charge in [0, 0.05) is 18.0 Å². The molecule has 0 saturated carbocycles. The molecule has 36 heavy (non-hydrogen) atoms. The van der Waals surface area contributed by atoms with Crippen molar-refractivity contribution in [3.05, 3.63) is 77.0 Å². The minimum atomic E-state index is -0.801. The van der Waals surface area contributed by atoms with Gasteiger partial charge in [-0.25, -0.2) is 0 Å². The van der Waals surface area contributed by atoms with Crippen molar-refractivity contribution in [2.75, 3.05) is 6.61 Å². The van der Waals surface area contributed by atoms with E-state index in [-0.39, 0.29) is 11.8 Å². The van der Waals surface area contributed by atoms with Gasteiger partial charge in [-0.2, -0.15) is 10.5 Å². The topological polar surface area (TPSA) is 124 Å². The van der Waals surface area contributed by atoms with Gasteiger partial charge in [0.25, 0.3) is 0 Å². The maximum atomic E-state index is 11.5. The highest BCUT2D eigenvalue weighted by atomic mass is 16.5. The van der Waals surface area contributed by atoms with Crippen LogP contribution in [-0.2, 0) is 15.9 Å². The molecule has 2 aliphatic rings. The van der Waals surface area contributed by atoms with E-state index >= 15 is 0 Å². The summed E-state index contributed by atoms with van der Waals surface area (Å²) >= 11 is 0. The smallest absolute Gasteiger partial charge is 0.205 e. The number of nitriles is 2. The second-order valence-electron chi connectivity index (χ2n) is 9.44. The van der Waals surface area contributed by atoms with E-state index in [0.717, 1.165) is 0 Å². The molecular weight excluding hydrogens is 456 g/mol. The number of pyridine rings is 1. The van der Waals surface area contributed by atoms with Crippen LogP contribution in [0.25, 0.3) is 16.6 Å². The van der Waals surface area contributed by atoms with E-state index in [1.165, 1.54) is 4.57 Å². The van der Waals surface area contributed by atoms with Crippen molar-refractivity contribution in [3.8, 4) is 35.3 Å². The Hall–Kier alpha value is -4.53. The fourth-order valence-corrected chi connectivity index (χ4v) is 5.74. The van der Waals surface area contributed by atoms with Gasteiger partial charge in [-0.3, -0.25) is 9.55 Å². The largest absolute Gasteiger partial charge is 0.494 e. The maximum absolute atomic E-state index is 11.5. The Morgan fingerprint density at radius 1 is 1.03 bits per heavy atom. The lowest BCUT2D eigenvalue weighted by Gasteiger charge is -2.26. The molecule has 2 aliphatic heterocycles. The number of aromatic hydroxyl groups is 2. The fraction of sp³-hybridized carbons (Fsp3) is 0.250. The molecule has 0 spiro atoms. The lowest BCUT2D eigenvalue weighted by molar-refractivity contribution is -0.0876. The molecule has 1 saturated heterocycles. The Morgan fingerprint density at radius 3 is 2.56 bits per heavy atom. The normalized spacial score (nSPS) is 21.8. The first-order valence-corrected chi connectivity index (χ1v) is 11.7. The van der Waals surface area contributed by atoms with Crippen LogP contribution in [0.15, 0.2) is 54.7 Å². The zero-order chi connectivity index (χ0) is 25.1. The molecule has 1 fully saturated rings. The minimum absolute atomic E-state index is 0.0746. The first-order chi connectivity index (χ1) is 17.4. The van der Waals surface area contributed by atoms with Gasteiger partial charge in [0.05, 0.1) is 51.7 Å². The van der Waals surface area contributed by atoms with E-state index in [2.05, 4.69) is 17.1 Å². The Bertz CT molecular complexity index is 1610. The van der Waals surface area contributed by atoms with Crippen molar-refractivity contribution in [3.63, 3.8) is 0 Å². The summed E-state index contributed by atoms with van der Waals surface area (Å²) in [6.45, 7) is 2.26. The standard InChI is InChI=1S/C28H22N4O4/c1-27-10-11-28(36-27,12-14-35-19-7-4-17(15-29)5-8-19)23-22(27)25(33)32(26(23)34)21-9-6-18(16-30)24-20(21)3-2-13-31-24/h2-9,13,33-34H,10-12,14H2,1H3/t27-,28-/m1/s1. The molecule has 0 radical (unpaired) electrons. The highest BCUT2D eigenvalue weighted by molar-refractivity contribution is 5.92. The first-order valence-electron chi connectivity index (χ1n) is 11.7. The molecule has 2 N–H and O–H groups in total. The zero-order valence-electron chi connectivity index (χ0n) is 19.5. The van der Waals surface area contributed by atoms with Gasteiger partial charge in [-0.15, -0.1) is 0 Å². The number of ether oxygens (including phenoxy) is 2. The van der Waals surface area contributed by atoms with E-state index in [4.69, 9.17) is 14.7 Å². The molecule has 6 rings (SSSR count). The van der Waals surface area contributed by atoms with E-state index < -0.39 is 11.2 Å². The van der Waals surface area contributed by atoms with Crippen LogP contribution < -0.4 is 4.74 Å². The van der Waals surface area contributed by atoms with Crippen LogP contribution in [0.2, 0.25) is 0 Å². The van der Waals surface area contributed by atoms with E-state index in [1.54, 1.807) is 48.7 Å². The summed E-state index contributed by atoms with van der Waals surface area (Å²) in [5.74, 6) is 0.485.